The molecule has 0 unspecified atom stereocenters. The zero-order chi connectivity index (χ0) is 17.3. The van der Waals surface area contributed by atoms with Crippen molar-refractivity contribution < 1.29 is 14.3 Å². The number of benzene rings is 2. The first-order chi connectivity index (χ1) is 11.4. The minimum Gasteiger partial charge on any atom is -0.444 e. The summed E-state index contributed by atoms with van der Waals surface area (Å²) in [5, 5.41) is 0. The smallest absolute Gasteiger partial charge is 0.417 e. The predicted octanol–water partition coefficient (Wildman–Crippen LogP) is 4.28. The molecule has 0 spiro atoms. The summed E-state index contributed by atoms with van der Waals surface area (Å²) >= 11 is 0. The zero-order valence-corrected chi connectivity index (χ0v) is 14.2. The Kier molecular flexibility index (Phi) is 4.14. The molecule has 1 aliphatic heterocycles. The molecule has 4 heteroatoms. The number of imide groups is 1. The van der Waals surface area contributed by atoms with Gasteiger partial charge in [0.15, 0.2) is 0 Å². The van der Waals surface area contributed by atoms with E-state index >= 15 is 0 Å². The van der Waals surface area contributed by atoms with Crippen LogP contribution in [0.2, 0.25) is 0 Å². The summed E-state index contributed by atoms with van der Waals surface area (Å²) in [6.07, 6.45) is -0.600. The second-order valence-corrected chi connectivity index (χ2v) is 7.05. The molecule has 2 aromatic carbocycles. The molecule has 4 nitrogen and oxygen atoms in total. The van der Waals surface area contributed by atoms with E-state index in [1.165, 1.54) is 4.90 Å². The molecule has 0 atom stereocenters. The molecule has 0 radical (unpaired) electrons. The van der Waals surface area contributed by atoms with Crippen molar-refractivity contribution in [3.63, 3.8) is 0 Å². The standard InChI is InChI=1S/C20H21NO3/c1-20(2,3)16-9-10-17-15(11-16)12-21(18(17)22)19(23)24-13-14-7-5-4-6-8-14/h4-11H,12-13H2,1-3H3. The van der Waals surface area contributed by atoms with Crippen LogP contribution in [0.5, 0.6) is 0 Å². The zero-order valence-electron chi connectivity index (χ0n) is 14.2. The van der Waals surface area contributed by atoms with Crippen molar-refractivity contribution in [1.29, 1.82) is 0 Å². The molecule has 2 aromatic rings. The first kappa shape index (κ1) is 16.2. The number of amides is 2. The summed E-state index contributed by atoms with van der Waals surface area (Å²) in [5.41, 5.74) is 3.50. The first-order valence-electron chi connectivity index (χ1n) is 8.02. The predicted molar refractivity (Wildman–Crippen MR) is 91.6 cm³/mol. The number of carbonyl (C=O) groups is 2. The summed E-state index contributed by atoms with van der Waals surface area (Å²) in [6.45, 7) is 6.80. The minimum atomic E-state index is -0.600. The molecule has 124 valence electrons. The Morgan fingerprint density at radius 3 is 2.50 bits per heavy atom. The van der Waals surface area contributed by atoms with Gasteiger partial charge in [0.05, 0.1) is 6.54 Å². The minimum absolute atomic E-state index is 0.000679. The topological polar surface area (TPSA) is 46.6 Å². The van der Waals surface area contributed by atoms with Crippen molar-refractivity contribution in [2.45, 2.75) is 39.3 Å². The number of rotatable bonds is 2. The van der Waals surface area contributed by atoms with Crippen LogP contribution in [0.1, 0.15) is 47.8 Å². The molecule has 0 saturated heterocycles. The van der Waals surface area contributed by atoms with Gasteiger partial charge in [-0.05, 0) is 28.2 Å². The van der Waals surface area contributed by atoms with Crippen LogP contribution < -0.4 is 0 Å². The lowest BCUT2D eigenvalue weighted by Gasteiger charge is -2.19. The molecule has 0 N–H and O–H groups in total. The highest BCUT2D eigenvalue weighted by Crippen LogP contribution is 2.29. The second kappa shape index (κ2) is 6.11. The molecule has 0 aromatic heterocycles. The van der Waals surface area contributed by atoms with E-state index in [1.54, 1.807) is 0 Å². The number of hydrogen-bond donors (Lipinski definition) is 0. The van der Waals surface area contributed by atoms with E-state index in [0.29, 0.717) is 5.56 Å². The van der Waals surface area contributed by atoms with E-state index in [2.05, 4.69) is 20.8 Å². The lowest BCUT2D eigenvalue weighted by Crippen LogP contribution is -2.31. The summed E-state index contributed by atoms with van der Waals surface area (Å²) < 4.78 is 5.28. The van der Waals surface area contributed by atoms with Gasteiger partial charge in [0.2, 0.25) is 0 Å². The van der Waals surface area contributed by atoms with Crippen LogP contribution in [0.15, 0.2) is 48.5 Å². The molecule has 24 heavy (non-hydrogen) atoms. The van der Waals surface area contributed by atoms with Crippen molar-refractivity contribution in [2.24, 2.45) is 0 Å². The van der Waals surface area contributed by atoms with Gasteiger partial charge in [0.25, 0.3) is 5.91 Å². The van der Waals surface area contributed by atoms with Gasteiger partial charge in [-0.25, -0.2) is 9.69 Å². The Morgan fingerprint density at radius 2 is 1.83 bits per heavy atom. The van der Waals surface area contributed by atoms with E-state index in [-0.39, 0.29) is 24.5 Å². The monoisotopic (exact) mass is 323 g/mol. The van der Waals surface area contributed by atoms with Gasteiger partial charge in [-0.2, -0.15) is 0 Å². The van der Waals surface area contributed by atoms with Crippen LogP contribution in [0.25, 0.3) is 0 Å². The van der Waals surface area contributed by atoms with Gasteiger partial charge in [-0.15, -0.1) is 0 Å². The Labute approximate surface area is 142 Å². The second-order valence-electron chi connectivity index (χ2n) is 7.05. The van der Waals surface area contributed by atoms with E-state index < -0.39 is 6.09 Å². The molecule has 1 heterocycles. The lowest BCUT2D eigenvalue weighted by molar-refractivity contribution is 0.0662. The molecule has 3 rings (SSSR count). The fourth-order valence-electron chi connectivity index (χ4n) is 2.73. The summed E-state index contributed by atoms with van der Waals surface area (Å²) in [6, 6.07) is 15.2. The van der Waals surface area contributed by atoms with Crippen LogP contribution in [0.4, 0.5) is 4.79 Å². The van der Waals surface area contributed by atoms with Crippen LogP contribution in [0, 0.1) is 0 Å². The highest BCUT2D eigenvalue weighted by atomic mass is 16.6. The number of fused-ring (bicyclic) bond motifs is 1. The van der Waals surface area contributed by atoms with E-state index in [0.717, 1.165) is 16.7 Å². The van der Waals surface area contributed by atoms with Crippen LogP contribution in [-0.2, 0) is 23.3 Å². The Bertz CT molecular complexity index is 775. The number of nitrogens with zero attached hydrogens (tertiary/aromatic N) is 1. The molecule has 1 aliphatic rings. The van der Waals surface area contributed by atoms with Gasteiger partial charge in [0.1, 0.15) is 6.61 Å². The van der Waals surface area contributed by atoms with Crippen LogP contribution >= 0.6 is 0 Å². The molecular formula is C20H21NO3. The van der Waals surface area contributed by atoms with Crippen molar-refractivity contribution in [1.82, 2.24) is 4.90 Å². The SMILES string of the molecule is CC(C)(C)c1ccc2c(c1)CN(C(=O)OCc1ccccc1)C2=O. The van der Waals surface area contributed by atoms with Gasteiger partial charge in [0, 0.05) is 5.56 Å². The molecule has 2 amide bonds. The quantitative estimate of drug-likeness (QED) is 0.829. The third-order valence-corrected chi connectivity index (χ3v) is 4.20. The maximum absolute atomic E-state index is 12.4. The largest absolute Gasteiger partial charge is 0.444 e. The Balaban J connectivity index is 1.72. The van der Waals surface area contributed by atoms with Gasteiger partial charge >= 0.3 is 6.09 Å². The molecular weight excluding hydrogens is 302 g/mol. The highest BCUT2D eigenvalue weighted by Gasteiger charge is 2.33. The van der Waals surface area contributed by atoms with Gasteiger partial charge in [-0.3, -0.25) is 4.79 Å². The van der Waals surface area contributed by atoms with Crippen LogP contribution in [-0.4, -0.2) is 16.9 Å². The third-order valence-electron chi connectivity index (χ3n) is 4.20. The van der Waals surface area contributed by atoms with Crippen LogP contribution in [0.3, 0.4) is 0 Å². The third kappa shape index (κ3) is 3.18. The average Bonchev–Trinajstić information content (AvgIpc) is 2.89. The average molecular weight is 323 g/mol. The van der Waals surface area contributed by atoms with E-state index in [9.17, 15) is 9.59 Å². The maximum atomic E-state index is 12.4. The summed E-state index contributed by atoms with van der Waals surface area (Å²) in [7, 11) is 0. The van der Waals surface area contributed by atoms with Crippen molar-refractivity contribution in [3.05, 3.63) is 70.8 Å². The number of carbonyl (C=O) groups excluding carboxylic acids is 2. The first-order valence-corrected chi connectivity index (χ1v) is 8.02. The number of hydrogen-bond acceptors (Lipinski definition) is 3. The lowest BCUT2D eigenvalue weighted by atomic mass is 9.85. The highest BCUT2D eigenvalue weighted by molar-refractivity contribution is 6.06. The maximum Gasteiger partial charge on any atom is 0.417 e. The van der Waals surface area contributed by atoms with Crippen molar-refractivity contribution in [3.8, 4) is 0 Å². The summed E-state index contributed by atoms with van der Waals surface area (Å²) in [5.74, 6) is -0.288. The van der Waals surface area contributed by atoms with Gasteiger partial charge < -0.3 is 4.74 Å². The number of ether oxygens (including phenoxy) is 1. The fraction of sp³-hybridized carbons (Fsp3) is 0.300. The molecule has 0 saturated carbocycles. The van der Waals surface area contributed by atoms with Gasteiger partial charge in [-0.1, -0.05) is 63.2 Å². The van der Waals surface area contributed by atoms with E-state index in [1.807, 2.05) is 48.5 Å². The Hall–Kier alpha value is -2.62. The van der Waals surface area contributed by atoms with E-state index in [4.69, 9.17) is 4.74 Å². The van der Waals surface area contributed by atoms with Crippen molar-refractivity contribution >= 4 is 12.0 Å². The molecule has 0 aliphatic carbocycles. The Morgan fingerprint density at radius 1 is 1.12 bits per heavy atom. The normalized spacial score (nSPS) is 13.8. The van der Waals surface area contributed by atoms with Crippen molar-refractivity contribution in [2.75, 3.05) is 0 Å². The fourth-order valence-corrected chi connectivity index (χ4v) is 2.73. The summed E-state index contributed by atoms with van der Waals surface area (Å²) in [4.78, 5) is 25.9. The molecule has 0 bridgehead atoms. The molecule has 0 fully saturated rings.